The van der Waals surface area contributed by atoms with E-state index in [9.17, 15) is 4.79 Å². The van der Waals surface area contributed by atoms with E-state index in [1.165, 1.54) is 0 Å². The summed E-state index contributed by atoms with van der Waals surface area (Å²) in [5, 5.41) is 5.53. The Kier molecular flexibility index (Phi) is 6.54. The Labute approximate surface area is 195 Å². The number of anilines is 1. The number of ether oxygens (including phenoxy) is 1. The topological polar surface area (TPSA) is 76.4 Å². The summed E-state index contributed by atoms with van der Waals surface area (Å²) in [6.45, 7) is 12.2. The van der Waals surface area contributed by atoms with Gasteiger partial charge in [0.15, 0.2) is 5.65 Å². The second-order valence-electron chi connectivity index (χ2n) is 10.0. The highest BCUT2D eigenvalue weighted by Crippen LogP contribution is 2.29. The molecule has 0 radical (unpaired) electrons. The van der Waals surface area contributed by atoms with Gasteiger partial charge in [-0.3, -0.25) is 0 Å². The fourth-order valence-corrected chi connectivity index (χ4v) is 4.34. The highest BCUT2D eigenvalue weighted by atomic mass is 16.6. The van der Waals surface area contributed by atoms with Crippen LogP contribution >= 0.6 is 0 Å². The van der Waals surface area contributed by atoms with Crippen molar-refractivity contribution in [3.63, 3.8) is 0 Å². The fraction of sp³-hybridized carbons (Fsp3) is 0.520. The lowest BCUT2D eigenvalue weighted by atomic mass is 9.97. The van der Waals surface area contributed by atoms with Crippen LogP contribution in [0.25, 0.3) is 16.7 Å². The van der Waals surface area contributed by atoms with Gasteiger partial charge in [0.1, 0.15) is 17.7 Å². The maximum atomic E-state index is 12.8. The standard InChI is InChI=1S/C25H34N6O2/c1-18(2)30(24(32)33-25(3,4)5)16-19-10-9-13-29(15-19)22-21-14-28-31(23(21)27-17-26-22)20-11-7-6-8-12-20/h6-8,11-12,14,17-19H,9-10,13,15-16H2,1-5H3. The molecule has 1 amide bonds. The predicted octanol–water partition coefficient (Wildman–Crippen LogP) is 4.68. The smallest absolute Gasteiger partial charge is 0.410 e. The Morgan fingerprint density at radius 3 is 2.67 bits per heavy atom. The SMILES string of the molecule is CC(C)N(CC1CCCN(c2ncnc3c2cnn3-c2ccccc2)C1)C(=O)OC(C)(C)C. The van der Waals surface area contributed by atoms with E-state index in [-0.39, 0.29) is 12.1 Å². The molecule has 1 aromatic carbocycles. The summed E-state index contributed by atoms with van der Waals surface area (Å²) < 4.78 is 7.51. The van der Waals surface area contributed by atoms with Gasteiger partial charge in [-0.1, -0.05) is 18.2 Å². The number of hydrogen-bond donors (Lipinski definition) is 0. The van der Waals surface area contributed by atoms with E-state index in [0.717, 1.165) is 48.5 Å². The quantitative estimate of drug-likeness (QED) is 0.562. The van der Waals surface area contributed by atoms with Gasteiger partial charge < -0.3 is 14.5 Å². The van der Waals surface area contributed by atoms with Gasteiger partial charge in [-0.15, -0.1) is 0 Å². The number of benzene rings is 1. The molecule has 33 heavy (non-hydrogen) atoms. The van der Waals surface area contributed by atoms with Gasteiger partial charge in [-0.05, 0) is 65.5 Å². The molecule has 4 rings (SSSR count). The average molecular weight is 451 g/mol. The molecule has 0 bridgehead atoms. The van der Waals surface area contributed by atoms with Gasteiger partial charge >= 0.3 is 6.09 Å². The number of amides is 1. The van der Waals surface area contributed by atoms with Gasteiger partial charge in [0.2, 0.25) is 0 Å². The van der Waals surface area contributed by atoms with Gasteiger partial charge in [0, 0.05) is 25.7 Å². The molecule has 0 spiro atoms. The number of rotatable bonds is 5. The minimum absolute atomic E-state index is 0.0742. The number of carbonyl (C=O) groups is 1. The molecule has 8 heteroatoms. The highest BCUT2D eigenvalue weighted by Gasteiger charge is 2.30. The van der Waals surface area contributed by atoms with E-state index in [4.69, 9.17) is 4.74 Å². The largest absolute Gasteiger partial charge is 0.444 e. The van der Waals surface area contributed by atoms with Crippen LogP contribution in [0.5, 0.6) is 0 Å². The van der Waals surface area contributed by atoms with Crippen molar-refractivity contribution in [2.75, 3.05) is 24.5 Å². The van der Waals surface area contributed by atoms with Crippen LogP contribution in [0.4, 0.5) is 10.6 Å². The van der Waals surface area contributed by atoms with Crippen molar-refractivity contribution < 1.29 is 9.53 Å². The molecule has 176 valence electrons. The summed E-state index contributed by atoms with van der Waals surface area (Å²) >= 11 is 0. The second kappa shape index (κ2) is 9.37. The molecule has 0 saturated carbocycles. The monoisotopic (exact) mass is 450 g/mol. The maximum absolute atomic E-state index is 12.8. The summed E-state index contributed by atoms with van der Waals surface area (Å²) in [5.74, 6) is 1.24. The second-order valence-corrected chi connectivity index (χ2v) is 10.0. The lowest BCUT2D eigenvalue weighted by Crippen LogP contribution is -2.47. The van der Waals surface area contributed by atoms with Crippen LogP contribution in [-0.4, -0.2) is 62.0 Å². The molecule has 1 aliphatic heterocycles. The Bertz CT molecular complexity index is 1090. The van der Waals surface area contributed by atoms with Crippen LogP contribution in [0.2, 0.25) is 0 Å². The number of nitrogens with zero attached hydrogens (tertiary/aromatic N) is 6. The lowest BCUT2D eigenvalue weighted by Gasteiger charge is -2.38. The average Bonchev–Trinajstić information content (AvgIpc) is 3.21. The number of fused-ring (bicyclic) bond motifs is 1. The number of carbonyl (C=O) groups excluding carboxylic acids is 1. The number of para-hydroxylation sites is 1. The van der Waals surface area contributed by atoms with Crippen molar-refractivity contribution in [3.8, 4) is 5.69 Å². The summed E-state index contributed by atoms with van der Waals surface area (Å²) in [4.78, 5) is 26.1. The maximum Gasteiger partial charge on any atom is 0.410 e. The van der Waals surface area contributed by atoms with E-state index in [1.54, 1.807) is 6.33 Å². The van der Waals surface area contributed by atoms with Crippen LogP contribution in [0.1, 0.15) is 47.5 Å². The first-order valence-electron chi connectivity index (χ1n) is 11.7. The zero-order chi connectivity index (χ0) is 23.6. The fourth-order valence-electron chi connectivity index (χ4n) is 4.34. The van der Waals surface area contributed by atoms with E-state index < -0.39 is 5.60 Å². The third-order valence-corrected chi connectivity index (χ3v) is 5.87. The van der Waals surface area contributed by atoms with Crippen LogP contribution in [0.15, 0.2) is 42.9 Å². The van der Waals surface area contributed by atoms with E-state index in [1.807, 2.05) is 80.7 Å². The molecule has 1 fully saturated rings. The zero-order valence-corrected chi connectivity index (χ0v) is 20.2. The zero-order valence-electron chi connectivity index (χ0n) is 20.2. The molecule has 1 aliphatic rings. The first-order valence-corrected chi connectivity index (χ1v) is 11.7. The summed E-state index contributed by atoms with van der Waals surface area (Å²) in [5.41, 5.74) is 1.26. The van der Waals surface area contributed by atoms with Gasteiger partial charge in [0.05, 0.1) is 17.3 Å². The normalized spacial score (nSPS) is 16.9. The predicted molar refractivity (Wildman–Crippen MR) is 130 cm³/mol. The van der Waals surface area contributed by atoms with Crippen molar-refractivity contribution in [3.05, 3.63) is 42.9 Å². The lowest BCUT2D eigenvalue weighted by molar-refractivity contribution is 0.0151. The third kappa shape index (κ3) is 5.26. The van der Waals surface area contributed by atoms with Crippen LogP contribution in [-0.2, 0) is 4.74 Å². The Morgan fingerprint density at radius 1 is 1.21 bits per heavy atom. The molecule has 1 saturated heterocycles. The molecule has 3 heterocycles. The first kappa shape index (κ1) is 23.0. The number of piperidine rings is 1. The summed E-state index contributed by atoms with van der Waals surface area (Å²) in [7, 11) is 0. The van der Waals surface area contributed by atoms with Crippen molar-refractivity contribution in [2.45, 2.75) is 59.1 Å². The van der Waals surface area contributed by atoms with E-state index in [0.29, 0.717) is 12.5 Å². The minimum Gasteiger partial charge on any atom is -0.444 e. The van der Waals surface area contributed by atoms with Crippen molar-refractivity contribution in [1.29, 1.82) is 0 Å². The van der Waals surface area contributed by atoms with Crippen LogP contribution in [0.3, 0.4) is 0 Å². The summed E-state index contributed by atoms with van der Waals surface area (Å²) in [6.07, 6.45) is 5.33. The number of hydrogen-bond acceptors (Lipinski definition) is 6. The highest BCUT2D eigenvalue weighted by molar-refractivity contribution is 5.87. The van der Waals surface area contributed by atoms with Gasteiger partial charge in [0.25, 0.3) is 0 Å². The molecule has 0 aliphatic carbocycles. The summed E-state index contributed by atoms with van der Waals surface area (Å²) in [6, 6.07) is 10.1. The molecule has 0 N–H and O–H groups in total. The molecule has 3 aromatic rings. The molecular weight excluding hydrogens is 416 g/mol. The van der Waals surface area contributed by atoms with Crippen LogP contribution in [0, 0.1) is 5.92 Å². The molecule has 8 nitrogen and oxygen atoms in total. The number of aromatic nitrogens is 4. The Balaban J connectivity index is 1.54. The molecule has 1 unspecified atom stereocenters. The van der Waals surface area contributed by atoms with E-state index >= 15 is 0 Å². The van der Waals surface area contributed by atoms with Crippen molar-refractivity contribution >= 4 is 22.9 Å². The van der Waals surface area contributed by atoms with Gasteiger partial charge in [-0.25, -0.2) is 19.4 Å². The first-order chi connectivity index (χ1) is 15.7. The van der Waals surface area contributed by atoms with E-state index in [2.05, 4.69) is 20.0 Å². The van der Waals surface area contributed by atoms with Crippen molar-refractivity contribution in [2.24, 2.45) is 5.92 Å². The Morgan fingerprint density at radius 2 is 1.97 bits per heavy atom. The molecule has 2 aromatic heterocycles. The third-order valence-electron chi connectivity index (χ3n) is 5.87. The van der Waals surface area contributed by atoms with Crippen molar-refractivity contribution in [1.82, 2.24) is 24.6 Å². The molecular formula is C25H34N6O2. The minimum atomic E-state index is -0.506. The Hall–Kier alpha value is -3.16. The molecule has 1 atom stereocenters. The van der Waals surface area contributed by atoms with Gasteiger partial charge in [-0.2, -0.15) is 5.10 Å². The van der Waals surface area contributed by atoms with Crippen LogP contribution < -0.4 is 4.90 Å².